The number of methoxy groups -OCH3 is 1. The Hall–Kier alpha value is -3.27. The first-order valence-corrected chi connectivity index (χ1v) is 10.4. The van der Waals surface area contributed by atoms with Crippen LogP contribution in [-0.4, -0.2) is 39.6 Å². The summed E-state index contributed by atoms with van der Waals surface area (Å²) in [4.78, 5) is 12.3. The van der Waals surface area contributed by atoms with Crippen molar-refractivity contribution in [2.24, 2.45) is 0 Å². The molecule has 10 heteroatoms. The molecule has 1 N–H and O–H groups in total. The van der Waals surface area contributed by atoms with Crippen LogP contribution < -0.4 is 10.1 Å². The van der Waals surface area contributed by atoms with Gasteiger partial charge in [-0.15, -0.1) is 16.8 Å². The van der Waals surface area contributed by atoms with Gasteiger partial charge in [-0.05, 0) is 49.4 Å². The molecule has 0 saturated heterocycles. The molecule has 0 aliphatic heterocycles. The van der Waals surface area contributed by atoms with Crippen LogP contribution in [0.3, 0.4) is 0 Å². The Bertz CT molecular complexity index is 1100. The van der Waals surface area contributed by atoms with Crippen LogP contribution in [0.4, 0.5) is 13.2 Å². The lowest BCUT2D eigenvalue weighted by atomic mass is 10.1. The number of carbonyl (C=O) groups is 1. The van der Waals surface area contributed by atoms with Crippen LogP contribution in [0.5, 0.6) is 5.75 Å². The molecule has 3 rings (SSSR count). The van der Waals surface area contributed by atoms with Crippen molar-refractivity contribution in [1.82, 2.24) is 20.1 Å². The summed E-state index contributed by atoms with van der Waals surface area (Å²) in [5, 5.41) is 10.8. The summed E-state index contributed by atoms with van der Waals surface area (Å²) in [5.41, 5.74) is 0.0697. The number of thioether (sulfide) groups is 1. The minimum atomic E-state index is -4.50. The second kappa shape index (κ2) is 9.90. The Morgan fingerprint density at radius 3 is 2.59 bits per heavy atom. The number of aromatic nitrogens is 3. The van der Waals surface area contributed by atoms with Gasteiger partial charge in [0.25, 0.3) is 0 Å². The minimum absolute atomic E-state index is 0.233. The molecule has 0 saturated carbocycles. The minimum Gasteiger partial charge on any atom is -0.497 e. The highest BCUT2D eigenvalue weighted by molar-refractivity contribution is 8.00. The second-order valence-electron chi connectivity index (χ2n) is 6.71. The second-order valence-corrected chi connectivity index (χ2v) is 8.02. The molecule has 0 aliphatic rings. The SMILES string of the molecule is C=CCNC(=O)C(C)Sc1nnc(-c2ccc(OC)cc2)n1-c1cccc(C(F)(F)F)c1. The molecule has 1 unspecified atom stereocenters. The van der Waals surface area contributed by atoms with E-state index in [9.17, 15) is 18.0 Å². The number of hydrogen-bond acceptors (Lipinski definition) is 5. The number of carbonyl (C=O) groups excluding carboxylic acids is 1. The van der Waals surface area contributed by atoms with Gasteiger partial charge in [0.15, 0.2) is 11.0 Å². The number of ether oxygens (including phenoxy) is 1. The largest absolute Gasteiger partial charge is 0.497 e. The number of nitrogens with one attached hydrogen (secondary N) is 1. The fourth-order valence-electron chi connectivity index (χ4n) is 2.86. The van der Waals surface area contributed by atoms with Crippen molar-refractivity contribution in [3.63, 3.8) is 0 Å². The van der Waals surface area contributed by atoms with E-state index in [1.807, 2.05) is 0 Å². The fourth-order valence-corrected chi connectivity index (χ4v) is 3.75. The van der Waals surface area contributed by atoms with E-state index in [0.29, 0.717) is 23.7 Å². The van der Waals surface area contributed by atoms with Crippen molar-refractivity contribution in [3.8, 4) is 22.8 Å². The van der Waals surface area contributed by atoms with Crippen molar-refractivity contribution in [3.05, 3.63) is 66.7 Å². The Balaban J connectivity index is 2.07. The molecule has 168 valence electrons. The molecule has 2 aromatic carbocycles. The molecule has 0 spiro atoms. The Morgan fingerprint density at radius 1 is 1.25 bits per heavy atom. The fraction of sp³-hybridized carbons (Fsp3) is 0.227. The van der Waals surface area contributed by atoms with E-state index in [1.54, 1.807) is 37.3 Å². The predicted octanol–water partition coefficient (Wildman–Crippen LogP) is 4.74. The van der Waals surface area contributed by atoms with Gasteiger partial charge in [-0.25, -0.2) is 0 Å². The number of halogens is 3. The molecule has 0 radical (unpaired) electrons. The summed E-state index contributed by atoms with van der Waals surface area (Å²) in [6.45, 7) is 5.55. The van der Waals surface area contributed by atoms with Crippen LogP contribution in [0, 0.1) is 0 Å². The maximum absolute atomic E-state index is 13.3. The molecule has 0 aliphatic carbocycles. The van der Waals surface area contributed by atoms with E-state index in [2.05, 4.69) is 22.1 Å². The van der Waals surface area contributed by atoms with Gasteiger partial charge in [-0.1, -0.05) is 23.9 Å². The monoisotopic (exact) mass is 462 g/mol. The third-order valence-corrected chi connectivity index (χ3v) is 5.53. The molecule has 3 aromatic rings. The zero-order valence-corrected chi connectivity index (χ0v) is 18.2. The number of nitrogens with zero attached hydrogens (tertiary/aromatic N) is 3. The maximum atomic E-state index is 13.3. The molecular weight excluding hydrogens is 441 g/mol. The van der Waals surface area contributed by atoms with E-state index in [0.717, 1.165) is 23.9 Å². The van der Waals surface area contributed by atoms with Gasteiger partial charge < -0.3 is 10.1 Å². The lowest BCUT2D eigenvalue weighted by Crippen LogP contribution is -2.31. The molecular formula is C22H21F3N4O2S. The first kappa shape index (κ1) is 23.4. The van der Waals surface area contributed by atoms with Crippen LogP contribution in [0.1, 0.15) is 12.5 Å². The normalized spacial score (nSPS) is 12.3. The summed E-state index contributed by atoms with van der Waals surface area (Å²) in [6.07, 6.45) is -2.95. The third-order valence-electron chi connectivity index (χ3n) is 4.49. The topological polar surface area (TPSA) is 69.0 Å². The predicted molar refractivity (Wildman–Crippen MR) is 117 cm³/mol. The van der Waals surface area contributed by atoms with Crippen molar-refractivity contribution in [2.75, 3.05) is 13.7 Å². The summed E-state index contributed by atoms with van der Waals surface area (Å²) in [5.74, 6) is 0.716. The summed E-state index contributed by atoms with van der Waals surface area (Å²) >= 11 is 1.10. The van der Waals surface area contributed by atoms with E-state index in [4.69, 9.17) is 4.74 Å². The molecule has 1 atom stereocenters. The quantitative estimate of drug-likeness (QED) is 0.387. The van der Waals surface area contributed by atoms with Crippen LogP contribution in [0.15, 0.2) is 66.3 Å². The Morgan fingerprint density at radius 2 is 1.97 bits per heavy atom. The Labute approximate surface area is 187 Å². The van der Waals surface area contributed by atoms with E-state index < -0.39 is 17.0 Å². The van der Waals surface area contributed by atoms with Crippen molar-refractivity contribution >= 4 is 17.7 Å². The lowest BCUT2D eigenvalue weighted by Gasteiger charge is -2.15. The van der Waals surface area contributed by atoms with Gasteiger partial charge in [-0.2, -0.15) is 13.2 Å². The number of benzene rings is 2. The number of rotatable bonds is 8. The van der Waals surface area contributed by atoms with Crippen molar-refractivity contribution in [2.45, 2.75) is 23.5 Å². The molecule has 0 fully saturated rings. The molecule has 0 bridgehead atoms. The third kappa shape index (κ3) is 5.31. The standard InChI is InChI=1S/C22H21F3N4O2S/c1-4-12-26-20(30)14(2)32-21-28-27-19(15-8-10-18(31-3)11-9-15)29(21)17-7-5-6-16(13-17)22(23,24)25/h4-11,13-14H,1,12H2,2-3H3,(H,26,30). The van der Waals surface area contributed by atoms with E-state index in [1.165, 1.54) is 23.8 Å². The van der Waals surface area contributed by atoms with Gasteiger partial charge in [0.2, 0.25) is 5.91 Å². The Kier molecular flexibility index (Phi) is 7.24. The van der Waals surface area contributed by atoms with Crippen LogP contribution in [0.25, 0.3) is 17.1 Å². The summed E-state index contributed by atoms with van der Waals surface area (Å²) in [6, 6.07) is 11.8. The van der Waals surface area contributed by atoms with E-state index in [-0.39, 0.29) is 16.8 Å². The summed E-state index contributed by atoms with van der Waals surface area (Å²) < 4.78 is 46.7. The molecule has 1 heterocycles. The lowest BCUT2D eigenvalue weighted by molar-refractivity contribution is -0.137. The zero-order valence-electron chi connectivity index (χ0n) is 17.4. The zero-order chi connectivity index (χ0) is 23.3. The number of hydrogen-bond donors (Lipinski definition) is 1. The van der Waals surface area contributed by atoms with Crippen LogP contribution in [0.2, 0.25) is 0 Å². The van der Waals surface area contributed by atoms with Gasteiger partial charge >= 0.3 is 6.18 Å². The van der Waals surface area contributed by atoms with Crippen LogP contribution >= 0.6 is 11.8 Å². The average Bonchev–Trinajstić information content (AvgIpc) is 3.20. The first-order chi connectivity index (χ1) is 15.2. The molecule has 1 amide bonds. The number of amides is 1. The van der Waals surface area contributed by atoms with Crippen LogP contribution in [-0.2, 0) is 11.0 Å². The van der Waals surface area contributed by atoms with E-state index >= 15 is 0 Å². The smallest absolute Gasteiger partial charge is 0.416 e. The highest BCUT2D eigenvalue weighted by Gasteiger charge is 2.31. The highest BCUT2D eigenvalue weighted by Crippen LogP contribution is 2.34. The number of alkyl halides is 3. The van der Waals surface area contributed by atoms with Gasteiger partial charge in [-0.3, -0.25) is 9.36 Å². The van der Waals surface area contributed by atoms with Gasteiger partial charge in [0, 0.05) is 12.1 Å². The molecule has 6 nitrogen and oxygen atoms in total. The summed E-state index contributed by atoms with van der Waals surface area (Å²) in [7, 11) is 1.54. The highest BCUT2D eigenvalue weighted by atomic mass is 32.2. The average molecular weight is 462 g/mol. The van der Waals surface area contributed by atoms with Crippen molar-refractivity contribution < 1.29 is 22.7 Å². The maximum Gasteiger partial charge on any atom is 0.416 e. The first-order valence-electron chi connectivity index (χ1n) is 9.57. The molecule has 1 aromatic heterocycles. The molecule has 32 heavy (non-hydrogen) atoms. The van der Waals surface area contributed by atoms with Crippen molar-refractivity contribution in [1.29, 1.82) is 0 Å². The van der Waals surface area contributed by atoms with Gasteiger partial charge in [0.1, 0.15) is 5.75 Å². The van der Waals surface area contributed by atoms with Gasteiger partial charge in [0.05, 0.1) is 23.6 Å².